The summed E-state index contributed by atoms with van der Waals surface area (Å²) in [6.45, 7) is 5.52. The minimum absolute atomic E-state index is 0.131. The van der Waals surface area contributed by atoms with E-state index >= 15 is 0 Å². The molecule has 0 spiro atoms. The Morgan fingerprint density at radius 2 is 1.80 bits per heavy atom. The first-order valence-electron chi connectivity index (χ1n) is 15.1. The largest absolute Gasteiger partial charge is 0.490 e. The third-order valence-electron chi connectivity index (χ3n) is 7.33. The Kier molecular flexibility index (Phi) is 12.0. The molecular weight excluding hydrogens is 804 g/mol. The molecule has 10 nitrogen and oxygen atoms in total. The van der Waals surface area contributed by atoms with Gasteiger partial charge in [-0.1, -0.05) is 63.1 Å². The van der Waals surface area contributed by atoms with Crippen molar-refractivity contribution in [1.82, 2.24) is 4.57 Å². The highest BCUT2D eigenvalue weighted by molar-refractivity contribution is 9.11. The zero-order valence-electron chi connectivity index (χ0n) is 26.9. The second-order valence-electron chi connectivity index (χ2n) is 10.5. The van der Waals surface area contributed by atoms with Gasteiger partial charge in [-0.05, 0) is 78.7 Å². The maximum atomic E-state index is 14.3. The van der Waals surface area contributed by atoms with Gasteiger partial charge in [-0.15, -0.1) is 0 Å². The summed E-state index contributed by atoms with van der Waals surface area (Å²) >= 11 is 14.7. The van der Waals surface area contributed by atoms with Gasteiger partial charge in [0, 0.05) is 20.6 Å². The molecule has 14 heteroatoms. The minimum atomic E-state index is -0.906. The summed E-state index contributed by atoms with van der Waals surface area (Å²) < 4.78 is 31.1. The number of hydrogen-bond donors (Lipinski definition) is 0. The van der Waals surface area contributed by atoms with Crippen molar-refractivity contribution >= 4 is 72.8 Å². The summed E-state index contributed by atoms with van der Waals surface area (Å²) in [4.78, 5) is 44.6. The highest BCUT2D eigenvalue weighted by Gasteiger charge is 2.34. The first-order chi connectivity index (χ1) is 23.6. The smallest absolute Gasteiger partial charge is 0.343 e. The number of allylic oxidation sites excluding steroid dienone is 1. The van der Waals surface area contributed by atoms with E-state index in [4.69, 9.17) is 35.3 Å². The average Bonchev–Trinajstić information content (AvgIpc) is 3.37. The summed E-state index contributed by atoms with van der Waals surface area (Å²) in [6.07, 6.45) is 1.73. The van der Waals surface area contributed by atoms with Crippen molar-refractivity contribution in [3.63, 3.8) is 0 Å². The molecule has 0 unspecified atom stereocenters. The van der Waals surface area contributed by atoms with Crippen LogP contribution >= 0.6 is 54.8 Å². The van der Waals surface area contributed by atoms with Crippen LogP contribution in [0.2, 0.25) is 5.02 Å². The maximum Gasteiger partial charge on any atom is 0.343 e. The van der Waals surface area contributed by atoms with Crippen molar-refractivity contribution in [3.8, 4) is 17.2 Å². The second-order valence-corrected chi connectivity index (χ2v) is 13.7. The van der Waals surface area contributed by atoms with Gasteiger partial charge in [0.1, 0.15) is 12.4 Å². The maximum absolute atomic E-state index is 14.3. The van der Waals surface area contributed by atoms with Gasteiger partial charge >= 0.3 is 11.9 Å². The van der Waals surface area contributed by atoms with E-state index in [0.717, 1.165) is 10.0 Å². The van der Waals surface area contributed by atoms with Crippen molar-refractivity contribution < 1.29 is 33.3 Å². The van der Waals surface area contributed by atoms with Crippen LogP contribution in [-0.4, -0.2) is 43.4 Å². The lowest BCUT2D eigenvalue weighted by Crippen LogP contribution is -2.40. The number of nitrogens with zero attached hydrogens (tertiary/aromatic N) is 2. The number of esters is 2. The second kappa shape index (κ2) is 16.2. The van der Waals surface area contributed by atoms with E-state index in [2.05, 4.69) is 36.9 Å². The third kappa shape index (κ3) is 8.12. The quantitative estimate of drug-likeness (QED) is 0.149. The number of aromatic nitrogens is 1. The highest BCUT2D eigenvalue weighted by Crippen LogP contribution is 2.37. The van der Waals surface area contributed by atoms with Gasteiger partial charge in [-0.2, -0.15) is 0 Å². The monoisotopic (exact) mass is 832 g/mol. The lowest BCUT2D eigenvalue weighted by molar-refractivity contribution is -0.143. The van der Waals surface area contributed by atoms with Crippen molar-refractivity contribution in [2.75, 3.05) is 26.9 Å². The standard InChI is InChI=1S/C35H31Br2ClN2O8S/c1-5-45-27-14-20(11-12-26(27)47-18-29(41)44-4)31-30(34(43)46-6-2)19(3)39-35-40(31)33(42)28(49-35)15-22-13-23(36)16-24(37)32(22)48-17-21-9-7-8-10-25(21)38/h7-16,31H,5-6,17-18H2,1-4H3/b28-15+/t31-/m0/s1. The lowest BCUT2D eigenvalue weighted by Gasteiger charge is -2.25. The molecule has 0 radical (unpaired) electrons. The Hall–Kier alpha value is -3.91. The van der Waals surface area contributed by atoms with E-state index in [-0.39, 0.29) is 31.0 Å². The first kappa shape index (κ1) is 36.4. The van der Waals surface area contributed by atoms with E-state index in [1.54, 1.807) is 51.1 Å². The van der Waals surface area contributed by atoms with Crippen molar-refractivity contribution in [1.29, 1.82) is 0 Å². The number of thiazole rings is 1. The molecule has 0 bridgehead atoms. The van der Waals surface area contributed by atoms with Gasteiger partial charge in [0.15, 0.2) is 22.9 Å². The fourth-order valence-corrected chi connectivity index (χ4v) is 7.73. The Balaban J connectivity index is 1.65. The highest BCUT2D eigenvalue weighted by atomic mass is 79.9. The fourth-order valence-electron chi connectivity index (χ4n) is 5.13. The minimum Gasteiger partial charge on any atom is -0.490 e. The predicted molar refractivity (Wildman–Crippen MR) is 193 cm³/mol. The van der Waals surface area contributed by atoms with E-state index in [0.29, 0.717) is 59.5 Å². The molecule has 0 saturated heterocycles. The molecule has 1 atom stereocenters. The van der Waals surface area contributed by atoms with Crippen LogP contribution in [0.5, 0.6) is 17.2 Å². The molecule has 0 saturated carbocycles. The Morgan fingerprint density at radius 1 is 1.02 bits per heavy atom. The Labute approximate surface area is 307 Å². The molecule has 1 aromatic heterocycles. The van der Waals surface area contributed by atoms with Crippen molar-refractivity contribution in [2.24, 2.45) is 4.99 Å². The summed E-state index contributed by atoms with van der Waals surface area (Å²) in [6, 6.07) is 15.2. The van der Waals surface area contributed by atoms with E-state index in [1.807, 2.05) is 30.3 Å². The van der Waals surface area contributed by atoms with Crippen molar-refractivity contribution in [3.05, 3.63) is 116 Å². The number of carbonyl (C=O) groups excluding carboxylic acids is 2. The molecule has 4 aromatic rings. The summed E-state index contributed by atoms with van der Waals surface area (Å²) in [5, 5.41) is 0.578. The zero-order valence-corrected chi connectivity index (χ0v) is 31.6. The van der Waals surface area contributed by atoms with Crippen LogP contribution in [0.1, 0.15) is 43.5 Å². The topological polar surface area (TPSA) is 115 Å². The normalized spacial score (nSPS) is 14.2. The van der Waals surface area contributed by atoms with Crippen LogP contribution in [0.25, 0.3) is 6.08 Å². The fraction of sp³-hybridized carbons (Fsp3) is 0.257. The summed E-state index contributed by atoms with van der Waals surface area (Å²) in [7, 11) is 1.27. The number of fused-ring (bicyclic) bond motifs is 1. The van der Waals surface area contributed by atoms with E-state index in [1.165, 1.54) is 23.0 Å². The molecule has 1 aliphatic rings. The third-order valence-corrected chi connectivity index (χ3v) is 9.73. The van der Waals surface area contributed by atoms with Crippen LogP contribution in [0, 0.1) is 0 Å². The molecule has 0 N–H and O–H groups in total. The number of benzene rings is 3. The molecule has 256 valence electrons. The van der Waals surface area contributed by atoms with Gasteiger partial charge in [0.25, 0.3) is 5.56 Å². The predicted octanol–water partition coefficient (Wildman–Crippen LogP) is 6.51. The molecule has 49 heavy (non-hydrogen) atoms. The van der Waals surface area contributed by atoms with Crippen molar-refractivity contribution in [2.45, 2.75) is 33.4 Å². The molecule has 1 aliphatic heterocycles. The number of hydrogen-bond acceptors (Lipinski definition) is 10. The molecule has 2 heterocycles. The summed E-state index contributed by atoms with van der Waals surface area (Å²) in [5.41, 5.74) is 2.23. The number of carbonyl (C=O) groups is 2. The van der Waals surface area contributed by atoms with Crippen LogP contribution < -0.4 is 29.1 Å². The van der Waals surface area contributed by atoms with Gasteiger partial charge in [-0.25, -0.2) is 14.6 Å². The first-order valence-corrected chi connectivity index (χ1v) is 17.9. The molecule has 0 aliphatic carbocycles. The van der Waals surface area contributed by atoms with Crippen LogP contribution in [0.15, 0.2) is 84.6 Å². The molecule has 0 fully saturated rings. The lowest BCUT2D eigenvalue weighted by atomic mass is 9.95. The molecule has 0 amide bonds. The van der Waals surface area contributed by atoms with Crippen LogP contribution in [0.4, 0.5) is 0 Å². The van der Waals surface area contributed by atoms with Gasteiger partial charge < -0.3 is 23.7 Å². The van der Waals surface area contributed by atoms with Crippen LogP contribution in [0.3, 0.4) is 0 Å². The number of halogens is 3. The number of methoxy groups -OCH3 is 1. The molecule has 3 aromatic carbocycles. The van der Waals surface area contributed by atoms with Gasteiger partial charge in [0.05, 0.1) is 46.6 Å². The van der Waals surface area contributed by atoms with E-state index < -0.39 is 18.0 Å². The average molecular weight is 835 g/mol. The Bertz CT molecular complexity index is 2130. The summed E-state index contributed by atoms with van der Waals surface area (Å²) in [5.74, 6) is -0.0257. The van der Waals surface area contributed by atoms with E-state index in [9.17, 15) is 14.4 Å². The van der Waals surface area contributed by atoms with Crippen LogP contribution in [-0.2, 0) is 25.7 Å². The molecular formula is C35H31Br2ClN2O8S. The number of rotatable bonds is 12. The van der Waals surface area contributed by atoms with Gasteiger partial charge in [0.2, 0.25) is 0 Å². The molecule has 5 rings (SSSR count). The number of ether oxygens (including phenoxy) is 5. The van der Waals surface area contributed by atoms with Gasteiger partial charge in [-0.3, -0.25) is 9.36 Å². The zero-order chi connectivity index (χ0) is 35.2. The SMILES string of the molecule is CCOC(=O)C1=C(C)N=c2s/c(=C/c3cc(Br)cc(Br)c3OCc3ccccc3Cl)c(=O)n2[C@H]1c1ccc(OCC(=O)OC)c(OCC)c1. The Morgan fingerprint density at radius 3 is 2.51 bits per heavy atom.